The number of hydrogen-bond donors (Lipinski definition) is 1. The summed E-state index contributed by atoms with van der Waals surface area (Å²) < 4.78 is 18.4. The van der Waals surface area contributed by atoms with E-state index in [1.54, 1.807) is 12.1 Å². The first-order valence-corrected chi connectivity index (χ1v) is 6.62. The molecule has 0 radical (unpaired) electrons. The zero-order valence-corrected chi connectivity index (χ0v) is 11.6. The average molecular weight is 304 g/mol. The summed E-state index contributed by atoms with van der Waals surface area (Å²) in [5.74, 6) is 0.295. The van der Waals surface area contributed by atoms with Crippen molar-refractivity contribution in [2.45, 2.75) is 6.42 Å². The van der Waals surface area contributed by atoms with Gasteiger partial charge in [0.05, 0.1) is 5.56 Å². The second-order valence-corrected chi connectivity index (χ2v) is 4.99. The molecular formula is C15H11ClFN3O. The highest BCUT2D eigenvalue weighted by Gasteiger charge is 2.13. The second kappa shape index (κ2) is 5.54. The fourth-order valence-corrected chi connectivity index (χ4v) is 2.06. The predicted molar refractivity (Wildman–Crippen MR) is 78.4 cm³/mol. The molecule has 0 spiro atoms. The number of halogens is 2. The molecule has 0 unspecified atom stereocenters. The summed E-state index contributed by atoms with van der Waals surface area (Å²) in [7, 11) is 0. The van der Waals surface area contributed by atoms with Gasteiger partial charge in [-0.05, 0) is 35.9 Å². The third-order valence-electron chi connectivity index (χ3n) is 2.99. The van der Waals surface area contributed by atoms with Crippen LogP contribution in [0.2, 0.25) is 5.02 Å². The molecule has 1 heterocycles. The van der Waals surface area contributed by atoms with Gasteiger partial charge in [0.25, 0.3) is 5.89 Å². The van der Waals surface area contributed by atoms with E-state index in [0.717, 1.165) is 5.56 Å². The zero-order chi connectivity index (χ0) is 14.8. The van der Waals surface area contributed by atoms with Gasteiger partial charge in [0.1, 0.15) is 5.82 Å². The molecule has 0 amide bonds. The molecule has 1 aromatic heterocycles. The van der Waals surface area contributed by atoms with E-state index in [0.29, 0.717) is 28.5 Å². The van der Waals surface area contributed by atoms with Crippen LogP contribution >= 0.6 is 11.6 Å². The predicted octanol–water partition coefficient (Wildman–Crippen LogP) is 3.70. The Morgan fingerprint density at radius 2 is 1.90 bits per heavy atom. The van der Waals surface area contributed by atoms with Gasteiger partial charge in [-0.25, -0.2) is 4.39 Å². The van der Waals surface area contributed by atoms with E-state index in [4.69, 9.17) is 21.9 Å². The normalized spacial score (nSPS) is 10.8. The molecule has 0 bridgehead atoms. The van der Waals surface area contributed by atoms with E-state index in [1.165, 1.54) is 18.2 Å². The number of aromatic nitrogens is 2. The lowest BCUT2D eigenvalue weighted by Gasteiger charge is -1.99. The average Bonchev–Trinajstić information content (AvgIpc) is 2.92. The van der Waals surface area contributed by atoms with Gasteiger partial charge in [0.15, 0.2) is 5.82 Å². The monoisotopic (exact) mass is 303 g/mol. The largest absolute Gasteiger partial charge is 0.398 e. The summed E-state index contributed by atoms with van der Waals surface area (Å²) in [4.78, 5) is 4.24. The molecule has 0 fully saturated rings. The Balaban J connectivity index is 1.86. The van der Waals surface area contributed by atoms with Gasteiger partial charge >= 0.3 is 0 Å². The molecule has 3 aromatic rings. The molecule has 2 aromatic carbocycles. The summed E-state index contributed by atoms with van der Waals surface area (Å²) in [6, 6.07) is 11.4. The van der Waals surface area contributed by atoms with E-state index in [2.05, 4.69) is 10.1 Å². The Labute approximate surface area is 125 Å². The molecule has 2 N–H and O–H groups in total. The molecule has 0 saturated heterocycles. The van der Waals surface area contributed by atoms with Crippen molar-refractivity contribution < 1.29 is 8.91 Å². The van der Waals surface area contributed by atoms with Crippen LogP contribution in [0.3, 0.4) is 0 Å². The molecule has 4 nitrogen and oxygen atoms in total. The van der Waals surface area contributed by atoms with Crippen molar-refractivity contribution in [2.24, 2.45) is 0 Å². The smallest absolute Gasteiger partial charge is 0.260 e. The van der Waals surface area contributed by atoms with E-state index >= 15 is 0 Å². The number of hydrogen-bond acceptors (Lipinski definition) is 4. The van der Waals surface area contributed by atoms with Crippen LogP contribution < -0.4 is 5.73 Å². The quantitative estimate of drug-likeness (QED) is 0.749. The molecule has 106 valence electrons. The van der Waals surface area contributed by atoms with E-state index in [9.17, 15) is 4.39 Å². The number of nitrogen functional groups attached to an aromatic ring is 1. The number of benzene rings is 2. The van der Waals surface area contributed by atoms with E-state index in [1.807, 2.05) is 12.1 Å². The first kappa shape index (κ1) is 13.6. The lowest BCUT2D eigenvalue weighted by molar-refractivity contribution is 0.424. The summed E-state index contributed by atoms with van der Waals surface area (Å²) in [5, 5.41) is 4.55. The summed E-state index contributed by atoms with van der Waals surface area (Å²) in [6.07, 6.45) is 0.496. The third kappa shape index (κ3) is 3.03. The minimum absolute atomic E-state index is 0.205. The second-order valence-electron chi connectivity index (χ2n) is 4.55. The maximum atomic E-state index is 13.3. The lowest BCUT2D eigenvalue weighted by Crippen LogP contribution is -1.93. The number of anilines is 1. The van der Waals surface area contributed by atoms with Gasteiger partial charge in [-0.2, -0.15) is 4.98 Å². The van der Waals surface area contributed by atoms with Crippen LogP contribution in [-0.2, 0) is 6.42 Å². The molecule has 0 aliphatic heterocycles. The molecule has 3 rings (SSSR count). The third-order valence-corrected chi connectivity index (χ3v) is 3.24. The van der Waals surface area contributed by atoms with Crippen molar-refractivity contribution in [3.8, 4) is 11.5 Å². The van der Waals surface area contributed by atoms with Crippen molar-refractivity contribution in [2.75, 3.05) is 5.73 Å². The zero-order valence-electron chi connectivity index (χ0n) is 10.9. The molecule has 21 heavy (non-hydrogen) atoms. The van der Waals surface area contributed by atoms with Crippen molar-refractivity contribution in [3.63, 3.8) is 0 Å². The van der Waals surface area contributed by atoms with Gasteiger partial charge < -0.3 is 10.3 Å². The SMILES string of the molecule is Nc1ccc(F)cc1-c1nc(Cc2ccc(Cl)cc2)no1. The lowest BCUT2D eigenvalue weighted by atomic mass is 10.1. The van der Waals surface area contributed by atoms with Gasteiger partial charge in [0.2, 0.25) is 0 Å². The minimum Gasteiger partial charge on any atom is -0.398 e. The highest BCUT2D eigenvalue weighted by molar-refractivity contribution is 6.30. The molecule has 0 aliphatic rings. The van der Waals surface area contributed by atoms with Crippen LogP contribution in [0.25, 0.3) is 11.5 Å². The maximum absolute atomic E-state index is 13.3. The number of rotatable bonds is 3. The van der Waals surface area contributed by atoms with Crippen molar-refractivity contribution in [1.29, 1.82) is 0 Å². The molecule has 0 saturated carbocycles. The van der Waals surface area contributed by atoms with E-state index in [-0.39, 0.29) is 5.89 Å². The van der Waals surface area contributed by atoms with Gasteiger partial charge in [0, 0.05) is 17.1 Å². The van der Waals surface area contributed by atoms with Gasteiger partial charge in [-0.15, -0.1) is 0 Å². The molecular weight excluding hydrogens is 293 g/mol. The number of nitrogens with two attached hydrogens (primary N) is 1. The first-order valence-electron chi connectivity index (χ1n) is 6.24. The van der Waals surface area contributed by atoms with Crippen molar-refractivity contribution in [1.82, 2.24) is 10.1 Å². The fourth-order valence-electron chi connectivity index (χ4n) is 1.93. The Kier molecular flexibility index (Phi) is 3.58. The molecule has 0 atom stereocenters. The van der Waals surface area contributed by atoms with Gasteiger partial charge in [-0.3, -0.25) is 0 Å². The maximum Gasteiger partial charge on any atom is 0.260 e. The van der Waals surface area contributed by atoms with Crippen LogP contribution in [0.1, 0.15) is 11.4 Å². The topological polar surface area (TPSA) is 64.9 Å². The van der Waals surface area contributed by atoms with Crippen molar-refractivity contribution in [3.05, 3.63) is 64.7 Å². The van der Waals surface area contributed by atoms with Crippen LogP contribution in [0, 0.1) is 5.82 Å². The summed E-state index contributed by atoms with van der Waals surface area (Å²) in [6.45, 7) is 0. The van der Waals surface area contributed by atoms with Crippen molar-refractivity contribution >= 4 is 17.3 Å². The van der Waals surface area contributed by atoms with Crippen LogP contribution in [0.4, 0.5) is 10.1 Å². The Morgan fingerprint density at radius 3 is 2.67 bits per heavy atom. The Hall–Kier alpha value is -2.40. The first-order chi connectivity index (χ1) is 10.1. The highest BCUT2D eigenvalue weighted by atomic mass is 35.5. The Bertz CT molecular complexity index is 771. The summed E-state index contributed by atoms with van der Waals surface area (Å²) >= 11 is 5.83. The molecule has 0 aliphatic carbocycles. The fraction of sp³-hybridized carbons (Fsp3) is 0.0667. The van der Waals surface area contributed by atoms with Crippen LogP contribution in [0.15, 0.2) is 47.0 Å². The number of nitrogens with zero attached hydrogens (tertiary/aromatic N) is 2. The minimum atomic E-state index is -0.406. The van der Waals surface area contributed by atoms with Crippen LogP contribution in [-0.4, -0.2) is 10.1 Å². The summed E-state index contributed by atoms with van der Waals surface area (Å²) in [5.41, 5.74) is 7.57. The van der Waals surface area contributed by atoms with Gasteiger partial charge in [-0.1, -0.05) is 28.9 Å². The Morgan fingerprint density at radius 1 is 1.14 bits per heavy atom. The standard InChI is InChI=1S/C15H11ClFN3O/c16-10-3-1-9(2-4-10)7-14-19-15(21-20-14)12-8-11(17)5-6-13(12)18/h1-6,8H,7,18H2. The van der Waals surface area contributed by atoms with E-state index < -0.39 is 5.82 Å². The molecule has 6 heteroatoms. The van der Waals surface area contributed by atoms with Crippen LogP contribution in [0.5, 0.6) is 0 Å². The highest BCUT2D eigenvalue weighted by Crippen LogP contribution is 2.25.